The van der Waals surface area contributed by atoms with Crippen LogP contribution in [-0.2, 0) is 17.8 Å². The fourth-order valence-corrected chi connectivity index (χ4v) is 2.23. The Bertz CT molecular complexity index is 854. The molecule has 0 saturated carbocycles. The zero-order valence-electron chi connectivity index (χ0n) is 12.2. The average molecular weight is 364 g/mol. The number of nitrogens with one attached hydrogen (secondary N) is 1. The summed E-state index contributed by atoms with van der Waals surface area (Å²) in [6.45, 7) is 0.118. The summed E-state index contributed by atoms with van der Waals surface area (Å²) in [4.78, 5) is 19.9. The molecule has 1 aromatic carbocycles. The SMILES string of the molecule is O=C(Cc1ccc(Cl)c(Cl)c1)NCc1nnc(-c2cnccn2)o1. The fraction of sp³-hybridized carbons (Fsp3) is 0.133. The number of aromatic nitrogens is 4. The van der Waals surface area contributed by atoms with Gasteiger partial charge < -0.3 is 9.73 Å². The Labute approximate surface area is 147 Å². The molecule has 3 aromatic rings. The van der Waals surface area contributed by atoms with Crippen molar-refractivity contribution < 1.29 is 9.21 Å². The number of hydrogen-bond donors (Lipinski definition) is 1. The summed E-state index contributed by atoms with van der Waals surface area (Å²) >= 11 is 11.8. The lowest BCUT2D eigenvalue weighted by Gasteiger charge is -2.04. The first-order valence-corrected chi connectivity index (χ1v) is 7.67. The van der Waals surface area contributed by atoms with Crippen molar-refractivity contribution in [2.75, 3.05) is 0 Å². The van der Waals surface area contributed by atoms with Crippen LogP contribution in [0, 0.1) is 0 Å². The van der Waals surface area contributed by atoms with E-state index in [0.717, 1.165) is 5.56 Å². The van der Waals surface area contributed by atoms with Gasteiger partial charge in [0.05, 0.1) is 29.2 Å². The van der Waals surface area contributed by atoms with Gasteiger partial charge in [-0.25, -0.2) is 4.98 Å². The van der Waals surface area contributed by atoms with Crippen molar-refractivity contribution in [1.29, 1.82) is 0 Å². The second-order valence-electron chi connectivity index (χ2n) is 4.79. The minimum absolute atomic E-state index is 0.118. The average Bonchev–Trinajstić information content (AvgIpc) is 3.06. The third-order valence-electron chi connectivity index (χ3n) is 3.03. The van der Waals surface area contributed by atoms with Gasteiger partial charge in [0.2, 0.25) is 11.8 Å². The lowest BCUT2D eigenvalue weighted by Crippen LogP contribution is -2.24. The van der Waals surface area contributed by atoms with Gasteiger partial charge in [0.15, 0.2) is 0 Å². The normalized spacial score (nSPS) is 10.6. The molecule has 0 radical (unpaired) electrons. The number of amides is 1. The van der Waals surface area contributed by atoms with E-state index in [1.165, 1.54) is 12.4 Å². The third kappa shape index (κ3) is 4.06. The van der Waals surface area contributed by atoms with Crippen molar-refractivity contribution in [3.8, 4) is 11.6 Å². The lowest BCUT2D eigenvalue weighted by molar-refractivity contribution is -0.120. The van der Waals surface area contributed by atoms with Gasteiger partial charge in [-0.1, -0.05) is 29.3 Å². The summed E-state index contributed by atoms with van der Waals surface area (Å²) in [7, 11) is 0. The summed E-state index contributed by atoms with van der Waals surface area (Å²) < 4.78 is 5.43. The summed E-state index contributed by atoms with van der Waals surface area (Å²) in [5, 5.41) is 11.3. The van der Waals surface area contributed by atoms with Crippen LogP contribution >= 0.6 is 23.2 Å². The number of rotatable bonds is 5. The summed E-state index contributed by atoms with van der Waals surface area (Å²) in [6.07, 6.45) is 4.75. The standard InChI is InChI=1S/C15H11Cl2N5O2/c16-10-2-1-9(5-11(10)17)6-13(23)20-8-14-21-22-15(24-14)12-7-18-3-4-19-12/h1-5,7H,6,8H2,(H,20,23). The van der Waals surface area contributed by atoms with Crippen LogP contribution in [0.25, 0.3) is 11.6 Å². The molecular formula is C15H11Cl2N5O2. The highest BCUT2D eigenvalue weighted by molar-refractivity contribution is 6.42. The first kappa shape index (κ1) is 16.4. The van der Waals surface area contributed by atoms with E-state index in [2.05, 4.69) is 25.5 Å². The van der Waals surface area contributed by atoms with Crippen LogP contribution < -0.4 is 5.32 Å². The van der Waals surface area contributed by atoms with E-state index in [1.54, 1.807) is 24.4 Å². The summed E-state index contributed by atoms with van der Waals surface area (Å²) in [5.74, 6) is 0.322. The highest BCUT2D eigenvalue weighted by Gasteiger charge is 2.11. The van der Waals surface area contributed by atoms with Gasteiger partial charge in [-0.05, 0) is 17.7 Å². The molecule has 0 saturated heterocycles. The van der Waals surface area contributed by atoms with Gasteiger partial charge in [0.1, 0.15) is 5.69 Å². The largest absolute Gasteiger partial charge is 0.417 e. The Morgan fingerprint density at radius 2 is 2.04 bits per heavy atom. The quantitative estimate of drug-likeness (QED) is 0.748. The van der Waals surface area contributed by atoms with Crippen molar-refractivity contribution in [2.45, 2.75) is 13.0 Å². The van der Waals surface area contributed by atoms with E-state index in [-0.39, 0.29) is 30.7 Å². The molecule has 122 valence electrons. The maximum atomic E-state index is 12.0. The Kier molecular flexibility index (Phi) is 5.02. The van der Waals surface area contributed by atoms with Crippen molar-refractivity contribution in [1.82, 2.24) is 25.5 Å². The second kappa shape index (κ2) is 7.37. The Balaban J connectivity index is 1.56. The molecule has 2 aromatic heterocycles. The highest BCUT2D eigenvalue weighted by atomic mass is 35.5. The van der Waals surface area contributed by atoms with Gasteiger partial charge in [-0.15, -0.1) is 10.2 Å². The van der Waals surface area contributed by atoms with Crippen LogP contribution in [0.4, 0.5) is 0 Å². The molecule has 0 aliphatic carbocycles. The molecule has 1 amide bonds. The number of halogens is 2. The molecule has 24 heavy (non-hydrogen) atoms. The molecule has 0 aliphatic heterocycles. The van der Waals surface area contributed by atoms with Crippen LogP contribution in [0.15, 0.2) is 41.2 Å². The molecule has 0 spiro atoms. The zero-order valence-corrected chi connectivity index (χ0v) is 13.8. The van der Waals surface area contributed by atoms with Crippen molar-refractivity contribution in [3.05, 3.63) is 58.3 Å². The topological polar surface area (TPSA) is 93.8 Å². The zero-order chi connectivity index (χ0) is 16.9. The second-order valence-corrected chi connectivity index (χ2v) is 5.61. The molecule has 0 fully saturated rings. The highest BCUT2D eigenvalue weighted by Crippen LogP contribution is 2.22. The minimum Gasteiger partial charge on any atom is -0.417 e. The summed E-state index contributed by atoms with van der Waals surface area (Å²) in [5.41, 5.74) is 1.23. The number of carbonyl (C=O) groups is 1. The number of nitrogens with zero attached hydrogens (tertiary/aromatic N) is 4. The minimum atomic E-state index is -0.201. The van der Waals surface area contributed by atoms with E-state index in [4.69, 9.17) is 27.6 Å². The fourth-order valence-electron chi connectivity index (χ4n) is 1.91. The van der Waals surface area contributed by atoms with Crippen LogP contribution in [0.1, 0.15) is 11.5 Å². The first-order valence-electron chi connectivity index (χ1n) is 6.91. The Morgan fingerprint density at radius 3 is 2.79 bits per heavy atom. The predicted molar refractivity (Wildman–Crippen MR) is 87.3 cm³/mol. The molecule has 0 aliphatic rings. The van der Waals surface area contributed by atoms with Crippen LogP contribution in [0.3, 0.4) is 0 Å². The van der Waals surface area contributed by atoms with E-state index in [9.17, 15) is 4.79 Å². The molecule has 3 rings (SSSR count). The maximum absolute atomic E-state index is 12.0. The van der Waals surface area contributed by atoms with E-state index in [0.29, 0.717) is 15.7 Å². The van der Waals surface area contributed by atoms with Crippen molar-refractivity contribution in [3.63, 3.8) is 0 Å². The van der Waals surface area contributed by atoms with Gasteiger partial charge >= 0.3 is 0 Å². The van der Waals surface area contributed by atoms with Gasteiger partial charge in [-0.3, -0.25) is 9.78 Å². The summed E-state index contributed by atoms with van der Waals surface area (Å²) in [6, 6.07) is 5.05. The molecule has 9 heteroatoms. The van der Waals surface area contributed by atoms with E-state index < -0.39 is 0 Å². The smallest absolute Gasteiger partial charge is 0.267 e. The molecule has 2 heterocycles. The molecule has 0 unspecified atom stereocenters. The van der Waals surface area contributed by atoms with Crippen molar-refractivity contribution >= 4 is 29.1 Å². The molecule has 1 N–H and O–H groups in total. The van der Waals surface area contributed by atoms with Crippen molar-refractivity contribution in [2.24, 2.45) is 0 Å². The molecule has 7 nitrogen and oxygen atoms in total. The van der Waals surface area contributed by atoms with Gasteiger partial charge in [-0.2, -0.15) is 0 Å². The van der Waals surface area contributed by atoms with E-state index >= 15 is 0 Å². The molecular weight excluding hydrogens is 353 g/mol. The van der Waals surface area contributed by atoms with Crippen LogP contribution in [-0.4, -0.2) is 26.1 Å². The monoisotopic (exact) mass is 363 g/mol. The van der Waals surface area contributed by atoms with Gasteiger partial charge in [0, 0.05) is 12.4 Å². The van der Waals surface area contributed by atoms with Crippen LogP contribution in [0.5, 0.6) is 0 Å². The lowest BCUT2D eigenvalue weighted by atomic mass is 10.1. The first-order chi connectivity index (χ1) is 11.6. The predicted octanol–water partition coefficient (Wildman–Crippen LogP) is 2.69. The molecule has 0 bridgehead atoms. The number of carbonyl (C=O) groups excluding carboxylic acids is 1. The number of hydrogen-bond acceptors (Lipinski definition) is 6. The van der Waals surface area contributed by atoms with Gasteiger partial charge in [0.25, 0.3) is 5.89 Å². The van der Waals surface area contributed by atoms with Crippen LogP contribution in [0.2, 0.25) is 10.0 Å². The third-order valence-corrected chi connectivity index (χ3v) is 3.77. The Hall–Kier alpha value is -2.51. The Morgan fingerprint density at radius 1 is 1.17 bits per heavy atom. The number of benzene rings is 1. The maximum Gasteiger partial charge on any atom is 0.267 e. The van der Waals surface area contributed by atoms with E-state index in [1.807, 2.05) is 0 Å². The molecule has 0 atom stereocenters.